The standard InChI is InChI=1S/C14H18N2O3S/c1-10(2)11-3-5-12(6-4-11)16-9-13-7-8-14(19-13)20(15,17)18/h3-8,10,16H,9H2,1-2H3,(H2,15,17,18). The summed E-state index contributed by atoms with van der Waals surface area (Å²) in [5, 5.41) is 7.92. The van der Waals surface area contributed by atoms with E-state index in [-0.39, 0.29) is 5.09 Å². The second-order valence-corrected chi connectivity index (χ2v) is 6.39. The predicted octanol–water partition coefficient (Wildman–Crippen LogP) is 2.66. The Hall–Kier alpha value is -1.79. The number of anilines is 1. The fraction of sp³-hybridized carbons (Fsp3) is 0.286. The van der Waals surface area contributed by atoms with Gasteiger partial charge in [-0.05, 0) is 35.7 Å². The van der Waals surface area contributed by atoms with E-state index in [0.717, 1.165) is 5.69 Å². The maximum atomic E-state index is 11.1. The Balaban J connectivity index is 2.00. The Kier molecular flexibility index (Phi) is 4.15. The van der Waals surface area contributed by atoms with E-state index in [0.29, 0.717) is 18.2 Å². The summed E-state index contributed by atoms with van der Waals surface area (Å²) in [6, 6.07) is 11.0. The molecule has 0 aliphatic carbocycles. The molecule has 0 aliphatic heterocycles. The normalized spacial score (nSPS) is 11.8. The van der Waals surface area contributed by atoms with Crippen molar-refractivity contribution in [3.63, 3.8) is 0 Å². The molecule has 0 radical (unpaired) electrons. The molecular formula is C14H18N2O3S. The highest BCUT2D eigenvalue weighted by Crippen LogP contribution is 2.18. The lowest BCUT2D eigenvalue weighted by Gasteiger charge is -2.08. The molecule has 0 saturated heterocycles. The minimum absolute atomic E-state index is 0.218. The molecule has 2 rings (SSSR count). The van der Waals surface area contributed by atoms with Gasteiger partial charge < -0.3 is 9.73 Å². The molecule has 108 valence electrons. The van der Waals surface area contributed by atoms with E-state index < -0.39 is 10.0 Å². The molecule has 6 heteroatoms. The van der Waals surface area contributed by atoms with Crippen LogP contribution >= 0.6 is 0 Å². The van der Waals surface area contributed by atoms with Crippen LogP contribution in [0, 0.1) is 0 Å². The van der Waals surface area contributed by atoms with Crippen LogP contribution in [0.2, 0.25) is 0 Å². The first-order valence-electron chi connectivity index (χ1n) is 6.31. The zero-order valence-corrected chi connectivity index (χ0v) is 12.3. The van der Waals surface area contributed by atoms with Crippen LogP contribution in [0.1, 0.15) is 31.1 Å². The van der Waals surface area contributed by atoms with Gasteiger partial charge in [-0.2, -0.15) is 0 Å². The van der Waals surface area contributed by atoms with Crippen LogP contribution < -0.4 is 10.5 Å². The second kappa shape index (κ2) is 5.68. The van der Waals surface area contributed by atoms with Gasteiger partial charge in [0.1, 0.15) is 5.76 Å². The molecule has 0 amide bonds. The van der Waals surface area contributed by atoms with Crippen molar-refractivity contribution in [2.45, 2.75) is 31.4 Å². The van der Waals surface area contributed by atoms with Gasteiger partial charge in [0.25, 0.3) is 10.0 Å². The van der Waals surface area contributed by atoms with E-state index in [1.165, 1.54) is 11.6 Å². The highest BCUT2D eigenvalue weighted by Gasteiger charge is 2.12. The summed E-state index contributed by atoms with van der Waals surface area (Å²) in [6.07, 6.45) is 0. The molecule has 0 saturated carbocycles. The first-order chi connectivity index (χ1) is 9.36. The molecule has 1 heterocycles. The first kappa shape index (κ1) is 14.6. The number of hydrogen-bond acceptors (Lipinski definition) is 4. The average molecular weight is 294 g/mol. The Labute approximate surface area is 118 Å². The summed E-state index contributed by atoms with van der Waals surface area (Å²) in [7, 11) is -3.77. The summed E-state index contributed by atoms with van der Waals surface area (Å²) in [5.41, 5.74) is 2.22. The SMILES string of the molecule is CC(C)c1ccc(NCc2ccc(S(N)(=O)=O)o2)cc1. The number of rotatable bonds is 5. The third-order valence-corrected chi connectivity index (χ3v) is 3.74. The third-order valence-electron chi connectivity index (χ3n) is 2.96. The Morgan fingerprint density at radius 3 is 2.30 bits per heavy atom. The maximum Gasteiger partial charge on any atom is 0.271 e. The van der Waals surface area contributed by atoms with Gasteiger partial charge in [0.15, 0.2) is 0 Å². The smallest absolute Gasteiger partial charge is 0.271 e. The Morgan fingerprint density at radius 2 is 1.80 bits per heavy atom. The molecule has 0 fully saturated rings. The Bertz CT molecular complexity index is 673. The minimum Gasteiger partial charge on any atom is -0.446 e. The first-order valence-corrected chi connectivity index (χ1v) is 7.86. The Morgan fingerprint density at radius 1 is 1.15 bits per heavy atom. The van der Waals surface area contributed by atoms with Crippen LogP contribution in [0.5, 0.6) is 0 Å². The summed E-state index contributed by atoms with van der Waals surface area (Å²) in [4.78, 5) is 0. The minimum atomic E-state index is -3.77. The van der Waals surface area contributed by atoms with Crippen LogP contribution in [0.3, 0.4) is 0 Å². The number of nitrogens with one attached hydrogen (secondary N) is 1. The van der Waals surface area contributed by atoms with Gasteiger partial charge in [-0.1, -0.05) is 26.0 Å². The van der Waals surface area contributed by atoms with Gasteiger partial charge in [-0.15, -0.1) is 0 Å². The number of sulfonamides is 1. The number of benzene rings is 1. The topological polar surface area (TPSA) is 85.3 Å². The van der Waals surface area contributed by atoms with Crippen molar-refractivity contribution in [3.05, 3.63) is 47.7 Å². The fourth-order valence-corrected chi connectivity index (χ4v) is 2.26. The van der Waals surface area contributed by atoms with E-state index in [1.54, 1.807) is 6.07 Å². The summed E-state index contributed by atoms with van der Waals surface area (Å²) in [6.45, 7) is 4.68. The lowest BCUT2D eigenvalue weighted by Crippen LogP contribution is -2.10. The van der Waals surface area contributed by atoms with Crippen molar-refractivity contribution in [3.8, 4) is 0 Å². The zero-order chi connectivity index (χ0) is 14.8. The van der Waals surface area contributed by atoms with Gasteiger partial charge in [-0.25, -0.2) is 13.6 Å². The van der Waals surface area contributed by atoms with Gasteiger partial charge in [0, 0.05) is 5.69 Å². The molecule has 1 aromatic heterocycles. The fourth-order valence-electron chi connectivity index (χ4n) is 1.78. The highest BCUT2D eigenvalue weighted by atomic mass is 32.2. The van der Waals surface area contributed by atoms with E-state index in [9.17, 15) is 8.42 Å². The predicted molar refractivity (Wildman–Crippen MR) is 77.9 cm³/mol. The quantitative estimate of drug-likeness (QED) is 0.887. The molecule has 20 heavy (non-hydrogen) atoms. The molecule has 0 bridgehead atoms. The van der Waals surface area contributed by atoms with Crippen LogP contribution in [0.4, 0.5) is 5.69 Å². The molecule has 2 aromatic rings. The summed E-state index contributed by atoms with van der Waals surface area (Å²) >= 11 is 0. The number of nitrogens with two attached hydrogens (primary N) is 1. The lowest BCUT2D eigenvalue weighted by molar-refractivity contribution is 0.419. The van der Waals surface area contributed by atoms with Crippen molar-refractivity contribution >= 4 is 15.7 Å². The number of hydrogen-bond donors (Lipinski definition) is 2. The van der Waals surface area contributed by atoms with E-state index >= 15 is 0 Å². The monoisotopic (exact) mass is 294 g/mol. The largest absolute Gasteiger partial charge is 0.446 e. The third kappa shape index (κ3) is 3.61. The molecule has 0 spiro atoms. The van der Waals surface area contributed by atoms with Gasteiger partial charge >= 0.3 is 0 Å². The molecule has 5 nitrogen and oxygen atoms in total. The molecular weight excluding hydrogens is 276 g/mol. The van der Waals surface area contributed by atoms with Crippen molar-refractivity contribution in [2.75, 3.05) is 5.32 Å². The maximum absolute atomic E-state index is 11.1. The summed E-state index contributed by atoms with van der Waals surface area (Å²) in [5.74, 6) is 1.01. The average Bonchev–Trinajstić information content (AvgIpc) is 2.85. The van der Waals surface area contributed by atoms with Crippen molar-refractivity contribution in [1.82, 2.24) is 0 Å². The van der Waals surface area contributed by atoms with Gasteiger partial charge in [0.05, 0.1) is 6.54 Å². The van der Waals surface area contributed by atoms with E-state index in [1.807, 2.05) is 12.1 Å². The van der Waals surface area contributed by atoms with Crippen LogP contribution in [0.15, 0.2) is 45.9 Å². The molecule has 3 N–H and O–H groups in total. The van der Waals surface area contributed by atoms with Crippen LogP contribution in [0.25, 0.3) is 0 Å². The summed E-state index contributed by atoms with van der Waals surface area (Å²) < 4.78 is 27.3. The molecule has 1 aromatic carbocycles. The van der Waals surface area contributed by atoms with Crippen molar-refractivity contribution in [2.24, 2.45) is 5.14 Å². The van der Waals surface area contributed by atoms with E-state index in [2.05, 4.69) is 31.3 Å². The van der Waals surface area contributed by atoms with Crippen molar-refractivity contribution < 1.29 is 12.8 Å². The van der Waals surface area contributed by atoms with E-state index in [4.69, 9.17) is 9.56 Å². The highest BCUT2D eigenvalue weighted by molar-refractivity contribution is 7.89. The van der Waals surface area contributed by atoms with Crippen LogP contribution in [-0.4, -0.2) is 8.42 Å². The lowest BCUT2D eigenvalue weighted by atomic mass is 10.0. The molecule has 0 unspecified atom stereocenters. The molecule has 0 aliphatic rings. The number of primary sulfonamides is 1. The van der Waals surface area contributed by atoms with Crippen molar-refractivity contribution in [1.29, 1.82) is 0 Å². The van der Waals surface area contributed by atoms with Gasteiger partial charge in [-0.3, -0.25) is 0 Å². The zero-order valence-electron chi connectivity index (χ0n) is 11.5. The number of furan rings is 1. The second-order valence-electron chi connectivity index (χ2n) is 4.90. The van der Waals surface area contributed by atoms with Gasteiger partial charge in [0.2, 0.25) is 5.09 Å². The van der Waals surface area contributed by atoms with Crippen LogP contribution in [-0.2, 0) is 16.6 Å². The molecule has 0 atom stereocenters.